The fourth-order valence-corrected chi connectivity index (χ4v) is 2.97. The maximum atomic E-state index is 5.97. The zero-order valence-electron chi connectivity index (χ0n) is 10.7. The molecule has 2 saturated heterocycles. The first kappa shape index (κ1) is 12.2. The summed E-state index contributed by atoms with van der Waals surface area (Å²) in [5, 5.41) is 3.58. The van der Waals surface area contributed by atoms with Crippen molar-refractivity contribution in [2.24, 2.45) is 0 Å². The van der Waals surface area contributed by atoms with Crippen LogP contribution in [0.25, 0.3) is 0 Å². The molecule has 98 valence electrons. The van der Waals surface area contributed by atoms with Crippen LogP contribution in [-0.4, -0.2) is 25.8 Å². The number of benzene rings is 1. The van der Waals surface area contributed by atoms with E-state index in [1.807, 2.05) is 6.07 Å². The summed E-state index contributed by atoms with van der Waals surface area (Å²) in [6.45, 7) is 2.51. The Morgan fingerprint density at radius 3 is 2.56 bits per heavy atom. The summed E-state index contributed by atoms with van der Waals surface area (Å²) in [5.74, 6) is -0.518. The van der Waals surface area contributed by atoms with E-state index in [0.29, 0.717) is 19.3 Å². The summed E-state index contributed by atoms with van der Waals surface area (Å²) in [6, 6.07) is 10.9. The Morgan fingerprint density at radius 2 is 1.89 bits per heavy atom. The summed E-state index contributed by atoms with van der Waals surface area (Å²) in [4.78, 5) is 0. The van der Waals surface area contributed by atoms with E-state index in [9.17, 15) is 0 Å². The zero-order chi connectivity index (χ0) is 12.3. The number of rotatable bonds is 3. The maximum Gasteiger partial charge on any atom is 0.196 e. The van der Waals surface area contributed by atoms with Crippen LogP contribution >= 0.6 is 0 Å². The van der Waals surface area contributed by atoms with Crippen molar-refractivity contribution >= 4 is 0 Å². The summed E-state index contributed by atoms with van der Waals surface area (Å²) in [7, 11) is 0. The van der Waals surface area contributed by atoms with Crippen LogP contribution in [-0.2, 0) is 15.3 Å². The van der Waals surface area contributed by atoms with Crippen molar-refractivity contribution in [2.45, 2.75) is 37.5 Å². The van der Waals surface area contributed by atoms with Gasteiger partial charge in [0.25, 0.3) is 0 Å². The molecule has 18 heavy (non-hydrogen) atoms. The molecule has 2 fully saturated rings. The lowest BCUT2D eigenvalue weighted by atomic mass is 9.93. The Bertz CT molecular complexity index is 367. The average molecular weight is 247 g/mol. The number of ether oxygens (including phenoxy) is 2. The number of nitrogens with one attached hydrogen (secondary N) is 1. The average Bonchev–Trinajstić information content (AvgIpc) is 2.91. The molecule has 3 nitrogen and oxygen atoms in total. The molecule has 0 aliphatic carbocycles. The van der Waals surface area contributed by atoms with E-state index >= 15 is 0 Å². The second-order valence-corrected chi connectivity index (χ2v) is 5.17. The van der Waals surface area contributed by atoms with Gasteiger partial charge in [-0.05, 0) is 19.4 Å². The normalized spacial score (nSPS) is 27.2. The predicted molar refractivity (Wildman–Crippen MR) is 70.3 cm³/mol. The van der Waals surface area contributed by atoms with Crippen LogP contribution in [0.2, 0.25) is 0 Å². The topological polar surface area (TPSA) is 30.5 Å². The van der Waals surface area contributed by atoms with Gasteiger partial charge in [-0.2, -0.15) is 0 Å². The highest BCUT2D eigenvalue weighted by Crippen LogP contribution is 2.37. The molecule has 3 heteroatoms. The molecule has 1 aromatic rings. The Balaban J connectivity index is 1.78. The third kappa shape index (κ3) is 2.44. The lowest BCUT2D eigenvalue weighted by molar-refractivity contribution is -0.176. The van der Waals surface area contributed by atoms with Gasteiger partial charge >= 0.3 is 0 Å². The minimum atomic E-state index is -0.518. The van der Waals surface area contributed by atoms with Gasteiger partial charge in [-0.1, -0.05) is 36.8 Å². The lowest BCUT2D eigenvalue weighted by Crippen LogP contribution is -2.41. The van der Waals surface area contributed by atoms with Crippen molar-refractivity contribution in [3.05, 3.63) is 35.9 Å². The molecular weight excluding hydrogens is 226 g/mol. The summed E-state index contributed by atoms with van der Waals surface area (Å²) >= 11 is 0. The quantitative estimate of drug-likeness (QED) is 0.889. The van der Waals surface area contributed by atoms with Crippen molar-refractivity contribution in [1.29, 1.82) is 0 Å². The van der Waals surface area contributed by atoms with Crippen LogP contribution in [0.3, 0.4) is 0 Å². The van der Waals surface area contributed by atoms with E-state index in [1.54, 1.807) is 0 Å². The third-order valence-corrected chi connectivity index (χ3v) is 3.89. The molecule has 0 saturated carbocycles. The van der Waals surface area contributed by atoms with Gasteiger partial charge in [0.2, 0.25) is 0 Å². The molecule has 1 aromatic carbocycles. The number of hydrogen-bond donors (Lipinski definition) is 1. The molecule has 2 aliphatic rings. The summed E-state index contributed by atoms with van der Waals surface area (Å²) in [5.41, 5.74) is 1.15. The second-order valence-electron chi connectivity index (χ2n) is 5.17. The first-order valence-corrected chi connectivity index (χ1v) is 6.96. The second kappa shape index (κ2) is 5.39. The minimum absolute atomic E-state index is 0.511. The first-order valence-electron chi connectivity index (χ1n) is 6.96. The molecule has 0 amide bonds. The van der Waals surface area contributed by atoms with E-state index in [1.165, 1.54) is 19.3 Å². The third-order valence-electron chi connectivity index (χ3n) is 3.89. The smallest absolute Gasteiger partial charge is 0.196 e. The fourth-order valence-electron chi connectivity index (χ4n) is 2.97. The maximum absolute atomic E-state index is 5.97. The molecule has 3 rings (SSSR count). The van der Waals surface area contributed by atoms with E-state index in [4.69, 9.17) is 9.47 Å². The van der Waals surface area contributed by atoms with Crippen LogP contribution in [0, 0.1) is 0 Å². The molecule has 1 atom stereocenters. The Kier molecular flexibility index (Phi) is 3.64. The highest BCUT2D eigenvalue weighted by molar-refractivity contribution is 5.21. The minimum Gasteiger partial charge on any atom is -0.343 e. The molecule has 0 radical (unpaired) electrons. The monoisotopic (exact) mass is 247 g/mol. The van der Waals surface area contributed by atoms with Crippen molar-refractivity contribution in [3.63, 3.8) is 0 Å². The molecule has 2 heterocycles. The SMILES string of the molecule is c1ccc(C2(C[C@@H]3CCCCN3)OCCO2)cc1. The van der Waals surface area contributed by atoms with Gasteiger partial charge in [-0.15, -0.1) is 0 Å². The van der Waals surface area contributed by atoms with E-state index in [-0.39, 0.29) is 0 Å². The van der Waals surface area contributed by atoms with Gasteiger partial charge in [0.05, 0.1) is 13.2 Å². The predicted octanol–water partition coefficient (Wildman–Crippen LogP) is 2.42. The lowest BCUT2D eigenvalue weighted by Gasteiger charge is -2.34. The highest BCUT2D eigenvalue weighted by atomic mass is 16.7. The van der Waals surface area contributed by atoms with Crippen LogP contribution in [0.1, 0.15) is 31.2 Å². The van der Waals surface area contributed by atoms with E-state index in [2.05, 4.69) is 29.6 Å². The van der Waals surface area contributed by atoms with Gasteiger partial charge in [0, 0.05) is 18.0 Å². The zero-order valence-corrected chi connectivity index (χ0v) is 10.7. The molecule has 0 spiro atoms. The molecule has 0 bridgehead atoms. The molecule has 2 aliphatic heterocycles. The number of piperidine rings is 1. The molecular formula is C15H21NO2. The van der Waals surface area contributed by atoms with Crippen LogP contribution in [0.15, 0.2) is 30.3 Å². The van der Waals surface area contributed by atoms with Crippen molar-refractivity contribution in [1.82, 2.24) is 5.32 Å². The van der Waals surface area contributed by atoms with Crippen LogP contribution in [0.5, 0.6) is 0 Å². The van der Waals surface area contributed by atoms with Crippen LogP contribution < -0.4 is 5.32 Å². The van der Waals surface area contributed by atoms with Crippen molar-refractivity contribution < 1.29 is 9.47 Å². The summed E-state index contributed by atoms with van der Waals surface area (Å²) in [6.07, 6.45) is 4.73. The molecule has 0 aromatic heterocycles. The standard InChI is InChI=1S/C15H21NO2/c1-2-6-13(7-3-1)15(17-10-11-18-15)12-14-8-4-5-9-16-14/h1-3,6-7,14,16H,4-5,8-12H2/t14-/m0/s1. The Morgan fingerprint density at radius 1 is 1.11 bits per heavy atom. The Labute approximate surface area is 108 Å². The van der Waals surface area contributed by atoms with Crippen LogP contribution in [0.4, 0.5) is 0 Å². The van der Waals surface area contributed by atoms with Gasteiger partial charge in [0.1, 0.15) is 0 Å². The van der Waals surface area contributed by atoms with Crippen molar-refractivity contribution in [2.75, 3.05) is 19.8 Å². The first-order chi connectivity index (χ1) is 8.89. The number of hydrogen-bond acceptors (Lipinski definition) is 3. The van der Waals surface area contributed by atoms with Crippen molar-refractivity contribution in [3.8, 4) is 0 Å². The molecule has 1 N–H and O–H groups in total. The van der Waals surface area contributed by atoms with Gasteiger partial charge in [0.15, 0.2) is 5.79 Å². The molecule has 0 unspecified atom stereocenters. The summed E-state index contributed by atoms with van der Waals surface area (Å²) < 4.78 is 11.9. The highest BCUT2D eigenvalue weighted by Gasteiger charge is 2.40. The van der Waals surface area contributed by atoms with Gasteiger partial charge in [-0.3, -0.25) is 0 Å². The Hall–Kier alpha value is -0.900. The van der Waals surface area contributed by atoms with Gasteiger partial charge < -0.3 is 14.8 Å². The van der Waals surface area contributed by atoms with E-state index in [0.717, 1.165) is 18.5 Å². The largest absolute Gasteiger partial charge is 0.343 e. The fraction of sp³-hybridized carbons (Fsp3) is 0.600. The van der Waals surface area contributed by atoms with E-state index < -0.39 is 5.79 Å². The van der Waals surface area contributed by atoms with Gasteiger partial charge in [-0.25, -0.2) is 0 Å².